The van der Waals surface area contributed by atoms with Crippen molar-refractivity contribution in [3.05, 3.63) is 40.2 Å². The van der Waals surface area contributed by atoms with Crippen LogP contribution in [0.5, 0.6) is 0 Å². The molecule has 2 rings (SSSR count). The highest BCUT2D eigenvalue weighted by atomic mass is 35.5. The van der Waals surface area contributed by atoms with E-state index in [2.05, 4.69) is 22.5 Å². The third-order valence-electron chi connectivity index (χ3n) is 2.02. The largest absolute Gasteiger partial charge is 0.242 e. The van der Waals surface area contributed by atoms with E-state index in [4.69, 9.17) is 11.6 Å². The number of nitrogens with zero attached hydrogens (tertiary/aromatic N) is 1. The number of alkyl halides is 1. The van der Waals surface area contributed by atoms with Crippen molar-refractivity contribution >= 4 is 22.9 Å². The smallest absolute Gasteiger partial charge is 0.0901 e. The minimum atomic E-state index is 0.566. The monoisotopic (exact) mass is 223 g/mol. The highest BCUT2D eigenvalue weighted by Crippen LogP contribution is 2.21. The molecule has 0 spiro atoms. The molecule has 1 heterocycles. The average molecular weight is 224 g/mol. The van der Waals surface area contributed by atoms with Crippen LogP contribution in [0.3, 0.4) is 0 Å². The van der Waals surface area contributed by atoms with Crippen molar-refractivity contribution in [2.24, 2.45) is 0 Å². The zero-order valence-corrected chi connectivity index (χ0v) is 9.40. The Morgan fingerprint density at radius 1 is 1.29 bits per heavy atom. The van der Waals surface area contributed by atoms with Gasteiger partial charge in [0, 0.05) is 16.8 Å². The van der Waals surface area contributed by atoms with E-state index in [1.165, 1.54) is 0 Å². The van der Waals surface area contributed by atoms with Gasteiger partial charge in [-0.1, -0.05) is 24.3 Å². The molecule has 0 unspecified atom stereocenters. The minimum Gasteiger partial charge on any atom is -0.242 e. The number of thiazole rings is 1. The van der Waals surface area contributed by atoms with E-state index in [0.29, 0.717) is 5.88 Å². The van der Waals surface area contributed by atoms with Crippen LogP contribution in [0.4, 0.5) is 0 Å². The van der Waals surface area contributed by atoms with E-state index in [-0.39, 0.29) is 0 Å². The van der Waals surface area contributed by atoms with Crippen LogP contribution in [0.15, 0.2) is 29.6 Å². The first kappa shape index (κ1) is 9.69. The Labute approximate surface area is 92.4 Å². The molecule has 0 atom stereocenters. The summed E-state index contributed by atoms with van der Waals surface area (Å²) in [6.45, 7) is 2.02. The molecule has 14 heavy (non-hydrogen) atoms. The lowest BCUT2D eigenvalue weighted by Gasteiger charge is -1.98. The fourth-order valence-corrected chi connectivity index (χ4v) is 2.06. The molecule has 0 radical (unpaired) electrons. The summed E-state index contributed by atoms with van der Waals surface area (Å²) >= 11 is 7.39. The molecule has 1 nitrogen and oxygen atoms in total. The van der Waals surface area contributed by atoms with Crippen LogP contribution in [0.1, 0.15) is 10.6 Å². The first-order valence-corrected chi connectivity index (χ1v) is 5.78. The van der Waals surface area contributed by atoms with Crippen molar-refractivity contribution < 1.29 is 0 Å². The van der Waals surface area contributed by atoms with Crippen LogP contribution >= 0.6 is 22.9 Å². The second-order valence-electron chi connectivity index (χ2n) is 3.08. The molecule has 0 bridgehead atoms. The third-order valence-corrected chi connectivity index (χ3v) is 3.11. The number of hydrogen-bond acceptors (Lipinski definition) is 2. The molecule has 0 saturated carbocycles. The molecule has 0 aliphatic carbocycles. The van der Waals surface area contributed by atoms with E-state index >= 15 is 0 Å². The zero-order chi connectivity index (χ0) is 9.97. The van der Waals surface area contributed by atoms with Crippen LogP contribution in [-0.4, -0.2) is 4.98 Å². The molecule has 1 aromatic carbocycles. The van der Waals surface area contributed by atoms with Gasteiger partial charge in [0.05, 0.1) is 10.7 Å². The highest BCUT2D eigenvalue weighted by molar-refractivity contribution is 7.09. The molecule has 0 saturated heterocycles. The fraction of sp³-hybridized carbons (Fsp3) is 0.182. The van der Waals surface area contributed by atoms with Crippen LogP contribution in [0.25, 0.3) is 11.3 Å². The fourth-order valence-electron chi connectivity index (χ4n) is 1.26. The molecule has 2 aromatic rings. The number of aromatic nitrogens is 1. The summed E-state index contributed by atoms with van der Waals surface area (Å²) in [5, 5.41) is 3.17. The lowest BCUT2D eigenvalue weighted by Crippen LogP contribution is -1.80. The molecule has 3 heteroatoms. The Hall–Kier alpha value is -0.860. The molecule has 0 aliphatic heterocycles. The molecular formula is C11H10ClNS. The number of benzene rings is 1. The second kappa shape index (κ2) is 4.11. The van der Waals surface area contributed by atoms with Gasteiger partial charge in [-0.15, -0.1) is 22.9 Å². The normalized spacial score (nSPS) is 10.4. The standard InChI is InChI=1S/C11H10ClNS/c1-8-13-11(7-14-8)10-4-2-9(6-12)3-5-10/h2-5,7H,6H2,1H3. The Bertz CT molecular complexity index is 419. The quantitative estimate of drug-likeness (QED) is 0.705. The maximum absolute atomic E-state index is 5.72. The van der Waals surface area contributed by atoms with Gasteiger partial charge < -0.3 is 0 Å². The SMILES string of the molecule is Cc1nc(-c2ccc(CCl)cc2)cs1. The van der Waals surface area contributed by atoms with Crippen molar-refractivity contribution in [3.8, 4) is 11.3 Å². The van der Waals surface area contributed by atoms with Crippen LogP contribution in [0.2, 0.25) is 0 Å². The summed E-state index contributed by atoms with van der Waals surface area (Å²) in [7, 11) is 0. The zero-order valence-electron chi connectivity index (χ0n) is 7.83. The van der Waals surface area contributed by atoms with Crippen molar-refractivity contribution in [2.75, 3.05) is 0 Å². The first-order chi connectivity index (χ1) is 6.79. The van der Waals surface area contributed by atoms with Crippen molar-refractivity contribution in [3.63, 3.8) is 0 Å². The van der Waals surface area contributed by atoms with Crippen molar-refractivity contribution in [1.29, 1.82) is 0 Å². The summed E-state index contributed by atoms with van der Waals surface area (Å²) in [5.74, 6) is 0.566. The Balaban J connectivity index is 2.33. The first-order valence-electron chi connectivity index (χ1n) is 4.37. The van der Waals surface area contributed by atoms with Crippen LogP contribution in [-0.2, 0) is 5.88 Å². The number of halogens is 1. The van der Waals surface area contributed by atoms with E-state index in [1.54, 1.807) is 11.3 Å². The lowest BCUT2D eigenvalue weighted by atomic mass is 10.1. The molecule has 0 N–H and O–H groups in total. The molecule has 72 valence electrons. The Morgan fingerprint density at radius 3 is 2.50 bits per heavy atom. The number of hydrogen-bond donors (Lipinski definition) is 0. The summed E-state index contributed by atoms with van der Waals surface area (Å²) < 4.78 is 0. The van der Waals surface area contributed by atoms with Crippen molar-refractivity contribution in [1.82, 2.24) is 4.98 Å². The second-order valence-corrected chi connectivity index (χ2v) is 4.41. The van der Waals surface area contributed by atoms with Crippen LogP contribution in [0, 0.1) is 6.92 Å². The Morgan fingerprint density at radius 2 is 2.00 bits per heavy atom. The summed E-state index contributed by atoms with van der Waals surface area (Å²) in [6.07, 6.45) is 0. The topological polar surface area (TPSA) is 12.9 Å². The van der Waals surface area contributed by atoms with Gasteiger partial charge in [0.15, 0.2) is 0 Å². The van der Waals surface area contributed by atoms with E-state index < -0.39 is 0 Å². The molecule has 0 aliphatic rings. The van der Waals surface area contributed by atoms with E-state index in [0.717, 1.165) is 21.8 Å². The molecule has 0 amide bonds. The van der Waals surface area contributed by atoms with Gasteiger partial charge in [-0.2, -0.15) is 0 Å². The van der Waals surface area contributed by atoms with Gasteiger partial charge in [-0.3, -0.25) is 0 Å². The van der Waals surface area contributed by atoms with Gasteiger partial charge in [0.2, 0.25) is 0 Å². The predicted octanol–water partition coefficient (Wildman–Crippen LogP) is 3.86. The summed E-state index contributed by atoms with van der Waals surface area (Å²) in [5.41, 5.74) is 3.35. The molecular weight excluding hydrogens is 214 g/mol. The summed E-state index contributed by atoms with van der Waals surface area (Å²) in [4.78, 5) is 4.42. The highest BCUT2D eigenvalue weighted by Gasteiger charge is 2.01. The van der Waals surface area contributed by atoms with Gasteiger partial charge in [0.1, 0.15) is 0 Å². The number of rotatable bonds is 2. The predicted molar refractivity (Wildman–Crippen MR) is 61.8 cm³/mol. The molecule has 0 fully saturated rings. The van der Waals surface area contributed by atoms with Crippen molar-refractivity contribution in [2.45, 2.75) is 12.8 Å². The van der Waals surface area contributed by atoms with Crippen LogP contribution < -0.4 is 0 Å². The lowest BCUT2D eigenvalue weighted by molar-refractivity contribution is 1.29. The van der Waals surface area contributed by atoms with E-state index in [9.17, 15) is 0 Å². The van der Waals surface area contributed by atoms with Gasteiger partial charge >= 0.3 is 0 Å². The van der Waals surface area contributed by atoms with Gasteiger partial charge in [0.25, 0.3) is 0 Å². The average Bonchev–Trinajstić information content (AvgIpc) is 2.65. The maximum atomic E-state index is 5.72. The van der Waals surface area contributed by atoms with E-state index in [1.807, 2.05) is 19.1 Å². The minimum absolute atomic E-state index is 0.566. The molecule has 1 aromatic heterocycles. The summed E-state index contributed by atoms with van der Waals surface area (Å²) in [6, 6.07) is 8.20. The maximum Gasteiger partial charge on any atom is 0.0901 e. The van der Waals surface area contributed by atoms with Gasteiger partial charge in [-0.25, -0.2) is 4.98 Å². The number of aryl methyl sites for hydroxylation is 1. The Kier molecular flexibility index (Phi) is 2.85. The van der Waals surface area contributed by atoms with Gasteiger partial charge in [-0.05, 0) is 12.5 Å². The third kappa shape index (κ3) is 1.97.